The number of piperidine rings is 1. The molecule has 1 N–H and O–H groups in total. The van der Waals surface area contributed by atoms with Crippen LogP contribution in [0.25, 0.3) is 0 Å². The zero-order valence-electron chi connectivity index (χ0n) is 22.2. The highest BCUT2D eigenvalue weighted by Crippen LogP contribution is 2.32. The summed E-state index contributed by atoms with van der Waals surface area (Å²) in [5.41, 5.74) is 3.92. The maximum Gasteiger partial charge on any atom is 0.226 e. The fourth-order valence-corrected chi connectivity index (χ4v) is 4.92. The third-order valence-electron chi connectivity index (χ3n) is 7.15. The van der Waals surface area contributed by atoms with Gasteiger partial charge < -0.3 is 15.0 Å². The van der Waals surface area contributed by atoms with Gasteiger partial charge in [-0.15, -0.1) is 0 Å². The van der Waals surface area contributed by atoms with Gasteiger partial charge in [-0.1, -0.05) is 68.4 Å². The van der Waals surface area contributed by atoms with E-state index in [1.54, 1.807) is 6.92 Å². The summed E-state index contributed by atoms with van der Waals surface area (Å²) >= 11 is 0. The Labute approximate surface area is 220 Å². The standard InChI is InChI=1S/C32H38N2O3/c1-23(2)32(36)33-28-13-9-12-27(22-28)25-16-19-34(20-17-25)21-18-30(26-10-5-4-6-11-26)37-31-15-8-7-14-29(31)24(3)35/h4-15,22-23,25,30H,16-21H2,1-3H3,(H,33,36). The molecule has 3 aromatic carbocycles. The number of amides is 1. The average Bonchev–Trinajstić information content (AvgIpc) is 2.92. The Bertz CT molecular complexity index is 1180. The minimum absolute atomic E-state index is 0.0114. The summed E-state index contributed by atoms with van der Waals surface area (Å²) in [6.45, 7) is 8.38. The molecule has 4 rings (SSSR count). The maximum absolute atomic E-state index is 12.1. The number of benzene rings is 3. The third kappa shape index (κ3) is 7.30. The molecule has 1 aliphatic rings. The Morgan fingerprint density at radius 3 is 2.35 bits per heavy atom. The van der Waals surface area contributed by atoms with Gasteiger partial charge in [-0.3, -0.25) is 9.59 Å². The van der Waals surface area contributed by atoms with Crippen molar-refractivity contribution in [2.45, 2.75) is 52.1 Å². The van der Waals surface area contributed by atoms with Gasteiger partial charge in [0.15, 0.2) is 5.78 Å². The first-order chi connectivity index (χ1) is 17.9. The van der Waals surface area contributed by atoms with Crippen LogP contribution < -0.4 is 10.1 Å². The van der Waals surface area contributed by atoms with Crippen LogP contribution in [-0.2, 0) is 4.79 Å². The van der Waals surface area contributed by atoms with Crippen LogP contribution >= 0.6 is 0 Å². The monoisotopic (exact) mass is 498 g/mol. The minimum atomic E-state index is -0.124. The molecule has 1 aliphatic heterocycles. The fraction of sp³-hybridized carbons (Fsp3) is 0.375. The number of nitrogens with zero attached hydrogens (tertiary/aromatic N) is 1. The lowest BCUT2D eigenvalue weighted by Gasteiger charge is -2.33. The Morgan fingerprint density at radius 2 is 1.65 bits per heavy atom. The lowest BCUT2D eigenvalue weighted by Crippen LogP contribution is -2.34. The van der Waals surface area contributed by atoms with E-state index in [0.29, 0.717) is 17.2 Å². The first-order valence-electron chi connectivity index (χ1n) is 13.4. The van der Waals surface area contributed by atoms with Crippen LogP contribution in [0.5, 0.6) is 5.75 Å². The Morgan fingerprint density at radius 1 is 0.946 bits per heavy atom. The van der Waals surface area contributed by atoms with Crippen LogP contribution in [0.1, 0.15) is 73.5 Å². The Kier molecular flexibility index (Phi) is 9.13. The first-order valence-corrected chi connectivity index (χ1v) is 13.4. The van der Waals surface area contributed by atoms with Crippen molar-refractivity contribution in [2.75, 3.05) is 25.0 Å². The zero-order valence-corrected chi connectivity index (χ0v) is 22.2. The van der Waals surface area contributed by atoms with Gasteiger partial charge in [-0.2, -0.15) is 0 Å². The largest absolute Gasteiger partial charge is 0.485 e. The first kappa shape index (κ1) is 26.6. The summed E-state index contributed by atoms with van der Waals surface area (Å²) in [5.74, 6) is 1.17. The van der Waals surface area contributed by atoms with Crippen LogP contribution in [0.4, 0.5) is 5.69 Å². The summed E-state index contributed by atoms with van der Waals surface area (Å²) in [6, 6.07) is 26.1. The summed E-state index contributed by atoms with van der Waals surface area (Å²) in [4.78, 5) is 26.7. The third-order valence-corrected chi connectivity index (χ3v) is 7.15. The smallest absolute Gasteiger partial charge is 0.226 e. The molecule has 5 nitrogen and oxygen atoms in total. The lowest BCUT2D eigenvalue weighted by atomic mass is 9.89. The molecule has 1 unspecified atom stereocenters. The molecule has 37 heavy (non-hydrogen) atoms. The number of hydrogen-bond donors (Lipinski definition) is 1. The number of ether oxygens (including phenoxy) is 1. The number of para-hydroxylation sites is 1. The Hall–Kier alpha value is -3.44. The molecular formula is C32H38N2O3. The van der Waals surface area contributed by atoms with Crippen molar-refractivity contribution in [3.8, 4) is 5.75 Å². The van der Waals surface area contributed by atoms with E-state index in [0.717, 1.165) is 50.1 Å². The van der Waals surface area contributed by atoms with Crippen molar-refractivity contribution in [3.05, 3.63) is 95.6 Å². The SMILES string of the molecule is CC(=O)c1ccccc1OC(CCN1CCC(c2cccc(NC(=O)C(C)C)c2)CC1)c1ccccc1. The molecule has 0 radical (unpaired) electrons. The summed E-state index contributed by atoms with van der Waals surface area (Å²) in [6.07, 6.45) is 2.90. The number of rotatable bonds is 10. The molecule has 0 spiro atoms. The molecule has 1 amide bonds. The molecule has 0 aliphatic carbocycles. The molecule has 0 saturated carbocycles. The molecule has 1 heterocycles. The second-order valence-corrected chi connectivity index (χ2v) is 10.2. The Balaban J connectivity index is 1.36. The number of nitrogens with one attached hydrogen (secondary N) is 1. The topological polar surface area (TPSA) is 58.6 Å². The van der Waals surface area contributed by atoms with Gasteiger partial charge in [-0.05, 0) is 74.2 Å². The predicted octanol–water partition coefficient (Wildman–Crippen LogP) is 6.87. The fourth-order valence-electron chi connectivity index (χ4n) is 4.92. The van der Waals surface area contributed by atoms with Crippen LogP contribution in [-0.4, -0.2) is 36.2 Å². The molecule has 1 saturated heterocycles. The maximum atomic E-state index is 12.1. The number of ketones is 1. The summed E-state index contributed by atoms with van der Waals surface area (Å²) < 4.78 is 6.45. The molecule has 1 fully saturated rings. The average molecular weight is 499 g/mol. The molecular weight excluding hydrogens is 460 g/mol. The van der Waals surface area contributed by atoms with Crippen molar-refractivity contribution in [3.63, 3.8) is 0 Å². The second kappa shape index (κ2) is 12.7. The van der Waals surface area contributed by atoms with Crippen LogP contribution in [0.15, 0.2) is 78.9 Å². The molecule has 1 atom stereocenters. The van der Waals surface area contributed by atoms with E-state index in [-0.39, 0.29) is 23.7 Å². The quantitative estimate of drug-likeness (QED) is 0.310. The van der Waals surface area contributed by atoms with Gasteiger partial charge in [0.2, 0.25) is 5.91 Å². The van der Waals surface area contributed by atoms with Crippen molar-refractivity contribution in [1.29, 1.82) is 0 Å². The number of hydrogen-bond acceptors (Lipinski definition) is 4. The highest BCUT2D eigenvalue weighted by atomic mass is 16.5. The van der Waals surface area contributed by atoms with Gasteiger partial charge in [0.1, 0.15) is 11.9 Å². The molecule has 0 bridgehead atoms. The van der Waals surface area contributed by atoms with E-state index >= 15 is 0 Å². The zero-order chi connectivity index (χ0) is 26.2. The van der Waals surface area contributed by atoms with E-state index in [9.17, 15) is 9.59 Å². The van der Waals surface area contributed by atoms with E-state index in [1.807, 2.05) is 68.4 Å². The van der Waals surface area contributed by atoms with Gasteiger partial charge in [0, 0.05) is 24.6 Å². The molecule has 194 valence electrons. The minimum Gasteiger partial charge on any atom is -0.485 e. The molecule has 3 aromatic rings. The van der Waals surface area contributed by atoms with Crippen molar-refractivity contribution < 1.29 is 14.3 Å². The highest BCUT2D eigenvalue weighted by Gasteiger charge is 2.23. The van der Waals surface area contributed by atoms with Gasteiger partial charge >= 0.3 is 0 Å². The number of carbonyl (C=O) groups is 2. The van der Waals surface area contributed by atoms with Crippen molar-refractivity contribution in [1.82, 2.24) is 4.90 Å². The predicted molar refractivity (Wildman–Crippen MR) is 149 cm³/mol. The summed E-state index contributed by atoms with van der Waals surface area (Å²) in [5, 5.41) is 3.02. The lowest BCUT2D eigenvalue weighted by molar-refractivity contribution is -0.118. The van der Waals surface area contributed by atoms with Crippen LogP contribution in [0.3, 0.4) is 0 Å². The number of anilines is 1. The summed E-state index contributed by atoms with van der Waals surface area (Å²) in [7, 11) is 0. The van der Waals surface area contributed by atoms with Crippen molar-refractivity contribution in [2.24, 2.45) is 5.92 Å². The van der Waals surface area contributed by atoms with E-state index < -0.39 is 0 Å². The van der Waals surface area contributed by atoms with E-state index in [2.05, 4.69) is 34.5 Å². The highest BCUT2D eigenvalue weighted by molar-refractivity contribution is 5.96. The molecule has 0 aromatic heterocycles. The van der Waals surface area contributed by atoms with Gasteiger partial charge in [0.05, 0.1) is 5.56 Å². The normalized spacial score (nSPS) is 15.4. The van der Waals surface area contributed by atoms with E-state index in [4.69, 9.17) is 4.74 Å². The van der Waals surface area contributed by atoms with Gasteiger partial charge in [-0.25, -0.2) is 0 Å². The van der Waals surface area contributed by atoms with Gasteiger partial charge in [0.25, 0.3) is 0 Å². The second-order valence-electron chi connectivity index (χ2n) is 10.2. The number of likely N-dealkylation sites (tertiary alicyclic amines) is 1. The van der Waals surface area contributed by atoms with Crippen LogP contribution in [0, 0.1) is 5.92 Å². The number of carbonyl (C=O) groups excluding carboxylic acids is 2. The molecule has 5 heteroatoms. The van der Waals surface area contributed by atoms with Crippen molar-refractivity contribution >= 4 is 17.4 Å². The van der Waals surface area contributed by atoms with Crippen LogP contribution in [0.2, 0.25) is 0 Å². The van der Waals surface area contributed by atoms with E-state index in [1.165, 1.54) is 5.56 Å². The number of Topliss-reactive ketones (excluding diaryl/α,β-unsaturated/α-hetero) is 1.